The molecule has 1 amide bonds. The van der Waals surface area contributed by atoms with E-state index < -0.39 is 23.5 Å². The Bertz CT molecular complexity index is 1220. The van der Waals surface area contributed by atoms with E-state index in [0.717, 1.165) is 25.9 Å². The molecule has 2 aliphatic carbocycles. The second-order valence-electron chi connectivity index (χ2n) is 9.76. The fraction of sp³-hybridized carbons (Fsp3) is 0.542. The van der Waals surface area contributed by atoms with Crippen LogP contribution in [0.2, 0.25) is 0 Å². The average molecular weight is 468 g/mol. The smallest absolute Gasteiger partial charge is 0.244 e. The Morgan fingerprint density at radius 1 is 1.29 bits per heavy atom. The van der Waals surface area contributed by atoms with Gasteiger partial charge in [0.05, 0.1) is 21.8 Å². The number of allylic oxidation sites excluding steroid dienone is 2. The summed E-state index contributed by atoms with van der Waals surface area (Å²) in [5, 5.41) is 13.0. The van der Waals surface area contributed by atoms with E-state index in [4.69, 9.17) is 13.2 Å². The normalized spacial score (nSPS) is 26.3. The Hall–Kier alpha value is -3.11. The molecule has 2 aromatic heterocycles. The summed E-state index contributed by atoms with van der Waals surface area (Å²) >= 11 is 0. The van der Waals surface area contributed by atoms with Crippen molar-refractivity contribution >= 4 is 23.0 Å². The lowest BCUT2D eigenvalue weighted by Crippen LogP contribution is -2.68. The molecule has 4 N–H and O–H groups in total. The predicted octanol–water partition coefficient (Wildman–Crippen LogP) is 1.23. The van der Waals surface area contributed by atoms with Gasteiger partial charge in [0.2, 0.25) is 11.9 Å². The van der Waals surface area contributed by atoms with Gasteiger partial charge in [0, 0.05) is 44.0 Å². The number of amides is 1. The number of anilines is 1. The predicted molar refractivity (Wildman–Crippen MR) is 127 cm³/mol. The summed E-state index contributed by atoms with van der Waals surface area (Å²) in [4.78, 5) is 32.9. The molecular formula is C24H31N7O3. The van der Waals surface area contributed by atoms with E-state index >= 15 is 0 Å². The minimum atomic E-state index is -2.42. The molecular weight excluding hydrogens is 434 g/mol. The SMILES string of the molecule is [2H]C([2H])(O)CC1(NC(=O)C2(N)C=CC=C(OC)C2)CC2(CCN(c3ncc4nccnc4n3)CC2)C1. The van der Waals surface area contributed by atoms with Gasteiger partial charge < -0.3 is 25.8 Å². The molecule has 0 bridgehead atoms. The van der Waals surface area contributed by atoms with Crippen LogP contribution in [0.5, 0.6) is 0 Å². The number of carbonyl (C=O) groups excluding carboxylic acids is 1. The number of nitrogens with two attached hydrogens (primary N) is 1. The van der Waals surface area contributed by atoms with E-state index in [2.05, 4.69) is 30.2 Å². The number of rotatable bonds is 6. The summed E-state index contributed by atoms with van der Waals surface area (Å²) in [6.07, 6.45) is 12.8. The molecule has 1 aliphatic heterocycles. The number of aromatic nitrogens is 4. The minimum Gasteiger partial charge on any atom is -0.501 e. The van der Waals surface area contributed by atoms with Gasteiger partial charge in [-0.2, -0.15) is 4.98 Å². The number of hydrogen-bond donors (Lipinski definition) is 3. The Morgan fingerprint density at radius 2 is 2.06 bits per heavy atom. The zero-order valence-electron chi connectivity index (χ0n) is 21.2. The molecule has 5 rings (SSSR count). The van der Waals surface area contributed by atoms with Crippen molar-refractivity contribution in [1.29, 1.82) is 0 Å². The van der Waals surface area contributed by atoms with Crippen LogP contribution >= 0.6 is 0 Å². The van der Waals surface area contributed by atoms with Crippen molar-refractivity contribution in [3.05, 3.63) is 42.6 Å². The van der Waals surface area contributed by atoms with Crippen molar-refractivity contribution in [1.82, 2.24) is 25.3 Å². The fourth-order valence-electron chi connectivity index (χ4n) is 5.63. The first-order chi connectivity index (χ1) is 17.0. The van der Waals surface area contributed by atoms with Crippen LogP contribution in [0.15, 0.2) is 42.6 Å². The highest BCUT2D eigenvalue weighted by molar-refractivity contribution is 5.89. The molecule has 2 fully saturated rings. The molecule has 10 nitrogen and oxygen atoms in total. The fourth-order valence-corrected chi connectivity index (χ4v) is 5.63. The van der Waals surface area contributed by atoms with Crippen LogP contribution in [0.3, 0.4) is 0 Å². The van der Waals surface area contributed by atoms with Crippen molar-refractivity contribution in [2.75, 3.05) is 31.7 Å². The molecule has 180 valence electrons. The second-order valence-corrected chi connectivity index (χ2v) is 9.76. The number of nitrogens with zero attached hydrogens (tertiary/aromatic N) is 5. The first-order valence-corrected chi connectivity index (χ1v) is 11.5. The lowest BCUT2D eigenvalue weighted by Gasteiger charge is -2.59. The lowest BCUT2D eigenvalue weighted by atomic mass is 9.52. The molecule has 0 radical (unpaired) electrons. The van der Waals surface area contributed by atoms with Crippen LogP contribution in [0.1, 0.15) is 41.3 Å². The van der Waals surface area contributed by atoms with Gasteiger partial charge >= 0.3 is 0 Å². The number of piperidine rings is 1. The summed E-state index contributed by atoms with van der Waals surface area (Å²) in [5.41, 5.74) is 5.37. The Morgan fingerprint density at radius 3 is 2.79 bits per heavy atom. The van der Waals surface area contributed by atoms with Crippen LogP contribution in [-0.2, 0) is 9.53 Å². The van der Waals surface area contributed by atoms with Gasteiger partial charge in [-0.15, -0.1) is 0 Å². The third-order valence-corrected chi connectivity index (χ3v) is 7.37. The van der Waals surface area contributed by atoms with Gasteiger partial charge in [-0.3, -0.25) is 4.79 Å². The Kier molecular flexibility index (Phi) is 5.12. The van der Waals surface area contributed by atoms with Crippen LogP contribution in [-0.4, -0.2) is 68.8 Å². The summed E-state index contributed by atoms with van der Waals surface area (Å²) < 4.78 is 20.9. The van der Waals surface area contributed by atoms with E-state index in [1.807, 2.05) is 0 Å². The molecule has 1 saturated carbocycles. The maximum absolute atomic E-state index is 13.3. The van der Waals surface area contributed by atoms with Gasteiger partial charge in [0.25, 0.3) is 0 Å². The topological polar surface area (TPSA) is 139 Å². The Labute approximate surface area is 201 Å². The molecule has 3 heterocycles. The van der Waals surface area contributed by atoms with Gasteiger partial charge in [-0.25, -0.2) is 15.0 Å². The number of carbonyl (C=O) groups is 1. The molecule has 1 saturated heterocycles. The molecule has 2 aromatic rings. The van der Waals surface area contributed by atoms with Gasteiger partial charge in [0.1, 0.15) is 11.1 Å². The first kappa shape index (κ1) is 20.3. The van der Waals surface area contributed by atoms with E-state index in [1.165, 1.54) is 7.11 Å². The highest BCUT2D eigenvalue weighted by atomic mass is 16.5. The van der Waals surface area contributed by atoms with Crippen LogP contribution < -0.4 is 16.0 Å². The molecule has 3 aliphatic rings. The zero-order chi connectivity index (χ0) is 25.6. The largest absolute Gasteiger partial charge is 0.501 e. The monoisotopic (exact) mass is 467 g/mol. The van der Waals surface area contributed by atoms with Crippen molar-refractivity contribution in [2.45, 2.75) is 49.6 Å². The Balaban J connectivity index is 1.27. The average Bonchev–Trinajstić information content (AvgIpc) is 2.82. The number of aliphatic hydroxyl groups is 1. The summed E-state index contributed by atoms with van der Waals surface area (Å²) in [6, 6.07) is 0. The zero-order valence-corrected chi connectivity index (χ0v) is 19.2. The lowest BCUT2D eigenvalue weighted by molar-refractivity contribution is -0.132. The van der Waals surface area contributed by atoms with Crippen LogP contribution in [0, 0.1) is 5.41 Å². The minimum absolute atomic E-state index is 0.0621. The third kappa shape index (κ3) is 4.12. The van der Waals surface area contributed by atoms with Crippen molar-refractivity contribution in [3.8, 4) is 0 Å². The summed E-state index contributed by atoms with van der Waals surface area (Å²) in [5.74, 6) is 0.809. The van der Waals surface area contributed by atoms with Crippen LogP contribution in [0.25, 0.3) is 11.2 Å². The van der Waals surface area contributed by atoms with E-state index in [1.54, 1.807) is 36.8 Å². The van der Waals surface area contributed by atoms with Gasteiger partial charge in [0.15, 0.2) is 5.65 Å². The third-order valence-electron chi connectivity index (χ3n) is 7.37. The van der Waals surface area contributed by atoms with Gasteiger partial charge in [-0.1, -0.05) is 12.2 Å². The van der Waals surface area contributed by atoms with Crippen molar-refractivity contribution in [2.24, 2.45) is 11.1 Å². The second kappa shape index (κ2) is 8.59. The van der Waals surface area contributed by atoms with E-state index in [9.17, 15) is 9.90 Å². The maximum atomic E-state index is 13.3. The highest BCUT2D eigenvalue weighted by Crippen LogP contribution is 2.56. The number of methoxy groups -OCH3 is 1. The summed E-state index contributed by atoms with van der Waals surface area (Å²) in [7, 11) is 1.53. The number of hydrogen-bond acceptors (Lipinski definition) is 9. The molecule has 0 aromatic carbocycles. The highest BCUT2D eigenvalue weighted by Gasteiger charge is 2.56. The van der Waals surface area contributed by atoms with Crippen LogP contribution in [0.4, 0.5) is 5.95 Å². The molecule has 10 heteroatoms. The quantitative estimate of drug-likeness (QED) is 0.572. The molecule has 1 spiro atoms. The standard InChI is InChI=1S/C24H31N7O3/c1-34-17-3-2-4-24(25,13-17)20(33)30-23(7-12-32)15-22(16-23)5-10-31(11-6-22)21-28-14-18-19(29-21)27-9-8-26-18/h2-4,8-9,14,32H,5-7,10-13,15-16,25H2,1H3,(H,30,33)/i12D2. The van der Waals surface area contributed by atoms with Gasteiger partial charge in [-0.05, 0) is 43.6 Å². The molecule has 1 unspecified atom stereocenters. The van der Waals surface area contributed by atoms with E-state index in [0.29, 0.717) is 35.7 Å². The number of ether oxygens (including phenoxy) is 1. The maximum Gasteiger partial charge on any atom is 0.244 e. The van der Waals surface area contributed by atoms with Crippen molar-refractivity contribution in [3.63, 3.8) is 0 Å². The van der Waals surface area contributed by atoms with E-state index in [-0.39, 0.29) is 18.3 Å². The molecule has 1 atom stereocenters. The van der Waals surface area contributed by atoms with Crippen molar-refractivity contribution < 1.29 is 17.4 Å². The molecule has 34 heavy (non-hydrogen) atoms. The number of nitrogens with one attached hydrogen (secondary N) is 1. The summed E-state index contributed by atoms with van der Waals surface area (Å²) in [6.45, 7) is -0.960. The number of fused-ring (bicyclic) bond motifs is 1. The first-order valence-electron chi connectivity index (χ1n) is 12.5.